The van der Waals surface area contributed by atoms with Gasteiger partial charge in [0.15, 0.2) is 6.04 Å². The molecule has 2 heterocycles. The SMILES string of the molecule is Cc1ccnc2cc(C(=O)NC[C@@H](NOC(=O)c3ccccc3)C(=O)OCCC(C)C)sc12. The summed E-state index contributed by atoms with van der Waals surface area (Å²) in [6.07, 6.45) is 2.39. The summed E-state index contributed by atoms with van der Waals surface area (Å²) in [5.41, 5.74) is 4.55. The third kappa shape index (κ3) is 6.84. The van der Waals surface area contributed by atoms with Crippen LogP contribution in [0.4, 0.5) is 0 Å². The van der Waals surface area contributed by atoms with E-state index >= 15 is 0 Å². The van der Waals surface area contributed by atoms with Crippen molar-refractivity contribution in [1.29, 1.82) is 0 Å². The highest BCUT2D eigenvalue weighted by atomic mass is 32.1. The van der Waals surface area contributed by atoms with E-state index in [-0.39, 0.29) is 19.1 Å². The largest absolute Gasteiger partial charge is 0.464 e. The van der Waals surface area contributed by atoms with Crippen molar-refractivity contribution in [3.63, 3.8) is 0 Å². The zero-order chi connectivity index (χ0) is 23.8. The molecule has 174 valence electrons. The number of pyridine rings is 1. The first-order valence-electron chi connectivity index (χ1n) is 10.7. The Kier molecular flexibility index (Phi) is 8.51. The molecule has 2 N–H and O–H groups in total. The van der Waals surface area contributed by atoms with Crippen molar-refractivity contribution in [2.24, 2.45) is 5.92 Å². The molecule has 3 aromatic rings. The van der Waals surface area contributed by atoms with Crippen LogP contribution in [0.3, 0.4) is 0 Å². The number of carbonyl (C=O) groups is 3. The number of aromatic nitrogens is 1. The number of amides is 1. The predicted molar refractivity (Wildman–Crippen MR) is 126 cm³/mol. The Morgan fingerprint density at radius 3 is 2.58 bits per heavy atom. The van der Waals surface area contributed by atoms with Crippen molar-refractivity contribution in [3.8, 4) is 0 Å². The van der Waals surface area contributed by atoms with Crippen molar-refractivity contribution in [1.82, 2.24) is 15.8 Å². The van der Waals surface area contributed by atoms with E-state index in [0.717, 1.165) is 15.8 Å². The highest BCUT2D eigenvalue weighted by Crippen LogP contribution is 2.26. The summed E-state index contributed by atoms with van der Waals surface area (Å²) in [6.45, 7) is 6.11. The number of nitrogens with one attached hydrogen (secondary N) is 2. The lowest BCUT2D eigenvalue weighted by molar-refractivity contribution is -0.149. The van der Waals surface area contributed by atoms with Gasteiger partial charge >= 0.3 is 11.9 Å². The van der Waals surface area contributed by atoms with Gasteiger partial charge in [0.05, 0.1) is 27.3 Å². The maximum atomic E-state index is 12.7. The molecule has 1 amide bonds. The van der Waals surface area contributed by atoms with Gasteiger partial charge < -0.3 is 14.9 Å². The van der Waals surface area contributed by atoms with Gasteiger partial charge in [0.1, 0.15) is 0 Å². The minimum absolute atomic E-state index is 0.123. The summed E-state index contributed by atoms with van der Waals surface area (Å²) >= 11 is 1.33. The van der Waals surface area contributed by atoms with Crippen molar-refractivity contribution in [2.45, 2.75) is 33.2 Å². The van der Waals surface area contributed by atoms with Gasteiger partial charge in [0.2, 0.25) is 0 Å². The van der Waals surface area contributed by atoms with Crippen LogP contribution < -0.4 is 10.8 Å². The average molecular weight is 470 g/mol. The zero-order valence-corrected chi connectivity index (χ0v) is 19.6. The molecule has 0 saturated carbocycles. The Morgan fingerprint density at radius 1 is 1.12 bits per heavy atom. The molecule has 33 heavy (non-hydrogen) atoms. The molecule has 0 saturated heterocycles. The summed E-state index contributed by atoms with van der Waals surface area (Å²) in [5.74, 6) is -1.25. The average Bonchev–Trinajstić information content (AvgIpc) is 3.25. The molecule has 8 nitrogen and oxygen atoms in total. The third-order valence-corrected chi connectivity index (χ3v) is 6.09. The minimum Gasteiger partial charge on any atom is -0.464 e. The van der Waals surface area contributed by atoms with Crippen LogP contribution in [0.15, 0.2) is 48.7 Å². The lowest BCUT2D eigenvalue weighted by atomic mass is 10.1. The number of fused-ring (bicyclic) bond motifs is 1. The molecule has 0 aliphatic heterocycles. The van der Waals surface area contributed by atoms with Gasteiger partial charge in [-0.15, -0.1) is 16.8 Å². The van der Waals surface area contributed by atoms with Gasteiger partial charge in [-0.1, -0.05) is 32.0 Å². The summed E-state index contributed by atoms with van der Waals surface area (Å²) in [6, 6.07) is 10.9. The molecule has 0 spiro atoms. The van der Waals surface area contributed by atoms with Gasteiger partial charge in [0.25, 0.3) is 5.91 Å². The number of benzene rings is 1. The number of ether oxygens (including phenoxy) is 1. The molecule has 0 fully saturated rings. The van der Waals surface area contributed by atoms with E-state index in [1.165, 1.54) is 11.3 Å². The monoisotopic (exact) mass is 469 g/mol. The van der Waals surface area contributed by atoms with E-state index in [4.69, 9.17) is 9.57 Å². The Morgan fingerprint density at radius 2 is 1.88 bits per heavy atom. The summed E-state index contributed by atoms with van der Waals surface area (Å²) in [7, 11) is 0. The van der Waals surface area contributed by atoms with Gasteiger partial charge in [-0.05, 0) is 49.1 Å². The number of aryl methyl sites for hydroxylation is 1. The molecule has 0 aliphatic rings. The molecule has 0 radical (unpaired) electrons. The first kappa shape index (κ1) is 24.3. The number of nitrogens with zero attached hydrogens (tertiary/aromatic N) is 1. The molecule has 0 bridgehead atoms. The predicted octanol–water partition coefficient (Wildman–Crippen LogP) is 3.65. The molecule has 1 atom stereocenters. The summed E-state index contributed by atoms with van der Waals surface area (Å²) in [5, 5.41) is 2.71. The molecule has 2 aromatic heterocycles. The van der Waals surface area contributed by atoms with Crippen LogP contribution in [0.1, 0.15) is 45.9 Å². The van der Waals surface area contributed by atoms with Crippen LogP contribution >= 0.6 is 11.3 Å². The Hall–Kier alpha value is -3.30. The number of hydrogen-bond acceptors (Lipinski definition) is 8. The molecular formula is C24H27N3O5S. The quantitative estimate of drug-likeness (QED) is 0.345. The Bertz CT molecular complexity index is 1110. The van der Waals surface area contributed by atoms with Crippen LogP contribution in [-0.4, -0.2) is 42.0 Å². The maximum absolute atomic E-state index is 12.7. The van der Waals surface area contributed by atoms with E-state index in [1.54, 1.807) is 42.6 Å². The van der Waals surface area contributed by atoms with Gasteiger partial charge in [-0.2, -0.15) is 0 Å². The highest BCUT2D eigenvalue weighted by molar-refractivity contribution is 7.21. The van der Waals surface area contributed by atoms with Crippen molar-refractivity contribution in [3.05, 3.63) is 64.7 Å². The molecule has 9 heteroatoms. The Labute approximate surface area is 196 Å². The number of thiophene rings is 1. The Balaban J connectivity index is 1.64. The first-order chi connectivity index (χ1) is 15.8. The van der Waals surface area contributed by atoms with Crippen LogP contribution in [0, 0.1) is 12.8 Å². The minimum atomic E-state index is -1.07. The molecule has 0 unspecified atom stereocenters. The second-order valence-corrected chi connectivity index (χ2v) is 8.99. The lowest BCUT2D eigenvalue weighted by Gasteiger charge is -2.18. The second kappa shape index (κ2) is 11.5. The van der Waals surface area contributed by atoms with Gasteiger partial charge in [0, 0.05) is 12.7 Å². The molecule has 3 rings (SSSR count). The summed E-state index contributed by atoms with van der Waals surface area (Å²) < 4.78 is 6.24. The number of rotatable bonds is 10. The fourth-order valence-electron chi connectivity index (χ4n) is 2.89. The fraction of sp³-hybridized carbons (Fsp3) is 0.333. The van der Waals surface area contributed by atoms with E-state index in [9.17, 15) is 14.4 Å². The normalized spacial score (nSPS) is 11.9. The molecule has 1 aromatic carbocycles. The fourth-order valence-corrected chi connectivity index (χ4v) is 3.89. The van der Waals surface area contributed by atoms with Crippen LogP contribution in [-0.2, 0) is 14.4 Å². The number of hydrogen-bond donors (Lipinski definition) is 2. The number of hydroxylamine groups is 1. The smallest absolute Gasteiger partial charge is 0.356 e. The topological polar surface area (TPSA) is 107 Å². The van der Waals surface area contributed by atoms with Crippen molar-refractivity contribution in [2.75, 3.05) is 13.2 Å². The van der Waals surface area contributed by atoms with Crippen molar-refractivity contribution >= 4 is 39.4 Å². The number of carbonyl (C=O) groups excluding carboxylic acids is 3. The van der Waals surface area contributed by atoms with E-state index in [2.05, 4.69) is 15.8 Å². The lowest BCUT2D eigenvalue weighted by Crippen LogP contribution is -2.47. The maximum Gasteiger partial charge on any atom is 0.356 e. The van der Waals surface area contributed by atoms with Gasteiger partial charge in [-0.3, -0.25) is 14.6 Å². The third-order valence-electron chi connectivity index (χ3n) is 4.83. The highest BCUT2D eigenvalue weighted by Gasteiger charge is 2.24. The first-order valence-corrected chi connectivity index (χ1v) is 11.5. The zero-order valence-electron chi connectivity index (χ0n) is 18.8. The molecular weight excluding hydrogens is 442 g/mol. The summed E-state index contributed by atoms with van der Waals surface area (Å²) in [4.78, 5) is 47.4. The van der Waals surface area contributed by atoms with E-state index in [1.807, 2.05) is 26.8 Å². The molecule has 0 aliphatic carbocycles. The van der Waals surface area contributed by atoms with Crippen molar-refractivity contribution < 1.29 is 24.0 Å². The van der Waals surface area contributed by atoms with E-state index in [0.29, 0.717) is 22.8 Å². The van der Waals surface area contributed by atoms with Crippen LogP contribution in [0.2, 0.25) is 0 Å². The van der Waals surface area contributed by atoms with E-state index < -0.39 is 18.0 Å². The standard InChI is InChI=1S/C24H27N3O5S/c1-15(2)10-12-31-24(30)19(27-32-23(29)17-7-5-4-6-8-17)14-26-22(28)20-13-18-21(33-20)16(3)9-11-25-18/h4-9,11,13,15,19,27H,10,12,14H2,1-3H3,(H,26,28)/t19-/m1/s1. The second-order valence-electron chi connectivity index (χ2n) is 7.94. The van der Waals surface area contributed by atoms with Crippen LogP contribution in [0.25, 0.3) is 10.2 Å². The number of esters is 1. The van der Waals surface area contributed by atoms with Gasteiger partial charge in [-0.25, -0.2) is 4.79 Å². The van der Waals surface area contributed by atoms with Crippen LogP contribution in [0.5, 0.6) is 0 Å².